The number of halogens is 4. The van der Waals surface area contributed by atoms with E-state index in [1.54, 1.807) is 43.5 Å². The van der Waals surface area contributed by atoms with Crippen molar-refractivity contribution in [2.45, 2.75) is 26.1 Å². The number of pyridine rings is 1. The van der Waals surface area contributed by atoms with Gasteiger partial charge in [0, 0.05) is 24.5 Å². The molecule has 176 valence electrons. The van der Waals surface area contributed by atoms with Gasteiger partial charge in [-0.2, -0.15) is 18.3 Å². The summed E-state index contributed by atoms with van der Waals surface area (Å²) in [4.78, 5) is 28.4. The molecule has 0 fully saturated rings. The molecule has 34 heavy (non-hydrogen) atoms. The van der Waals surface area contributed by atoms with Crippen molar-refractivity contribution in [1.82, 2.24) is 14.8 Å². The molecule has 4 rings (SSSR count). The highest BCUT2D eigenvalue weighted by Crippen LogP contribution is 2.43. The lowest BCUT2D eigenvalue weighted by molar-refractivity contribution is -0.140. The smallest absolute Gasteiger partial charge is 0.365 e. The number of amides is 2. The predicted octanol–water partition coefficient (Wildman–Crippen LogP) is 5.27. The number of primary amides is 1. The summed E-state index contributed by atoms with van der Waals surface area (Å²) in [5.41, 5.74) is 5.66. The molecule has 0 aliphatic carbocycles. The van der Waals surface area contributed by atoms with Gasteiger partial charge in [-0.25, -0.2) is 4.98 Å². The minimum Gasteiger partial charge on any atom is -0.365 e. The molecule has 0 saturated carbocycles. The summed E-state index contributed by atoms with van der Waals surface area (Å²) in [6, 6.07) is 9.23. The molecule has 1 aromatic carbocycles. The van der Waals surface area contributed by atoms with E-state index in [9.17, 15) is 22.8 Å². The number of thiophene rings is 1. The van der Waals surface area contributed by atoms with E-state index in [1.165, 1.54) is 4.68 Å². The number of nitrogens with zero attached hydrogens (tertiary/aromatic N) is 3. The van der Waals surface area contributed by atoms with Crippen LogP contribution in [-0.2, 0) is 17.5 Å². The number of benzene rings is 1. The molecule has 4 aromatic rings. The van der Waals surface area contributed by atoms with E-state index in [2.05, 4.69) is 15.4 Å². The Bertz CT molecular complexity index is 1380. The summed E-state index contributed by atoms with van der Waals surface area (Å²) in [5.74, 6) is -1.37. The molecule has 0 atom stereocenters. The Morgan fingerprint density at radius 2 is 1.94 bits per heavy atom. The standard InChI is InChI=1S/C22H17ClF3N5O2S/c1-11-14(23)10-31(30-11)8-7-16(32)29-18-17-13(12-5-3-2-4-6-12)9-15(22(24,25)26)28-21(17)34-19(18)20(27)33/h2-6,9-10H,7-8H2,1H3,(H2,27,33)(H,29,32). The molecule has 0 radical (unpaired) electrons. The Hall–Kier alpha value is -3.44. The molecule has 3 aromatic heterocycles. The number of nitrogens with one attached hydrogen (secondary N) is 1. The molecule has 0 saturated heterocycles. The number of rotatable bonds is 6. The first-order chi connectivity index (χ1) is 16.0. The second-order valence-electron chi connectivity index (χ2n) is 7.39. The van der Waals surface area contributed by atoms with Gasteiger partial charge in [-0.1, -0.05) is 41.9 Å². The number of aryl methyl sites for hydroxylation is 2. The average Bonchev–Trinajstić information content (AvgIpc) is 3.31. The molecule has 0 unspecified atom stereocenters. The largest absolute Gasteiger partial charge is 0.433 e. The van der Waals surface area contributed by atoms with Crippen molar-refractivity contribution < 1.29 is 22.8 Å². The summed E-state index contributed by atoms with van der Waals surface area (Å²) in [6.07, 6.45) is -3.15. The second kappa shape index (κ2) is 9.07. The van der Waals surface area contributed by atoms with Crippen LogP contribution in [0.5, 0.6) is 0 Å². The maximum atomic E-state index is 13.5. The first-order valence-electron chi connectivity index (χ1n) is 9.94. The number of nitrogens with two attached hydrogens (primary N) is 1. The Kier molecular flexibility index (Phi) is 6.32. The maximum absolute atomic E-state index is 13.5. The zero-order valence-corrected chi connectivity index (χ0v) is 19.2. The number of hydrogen-bond acceptors (Lipinski definition) is 5. The summed E-state index contributed by atoms with van der Waals surface area (Å²) in [7, 11) is 0. The topological polar surface area (TPSA) is 103 Å². The Labute approximate surface area is 200 Å². The average molecular weight is 508 g/mol. The fourth-order valence-corrected chi connectivity index (χ4v) is 4.57. The third-order valence-corrected chi connectivity index (χ3v) is 6.45. The minimum absolute atomic E-state index is 0.0261. The molecule has 12 heteroatoms. The van der Waals surface area contributed by atoms with Crippen LogP contribution in [0.25, 0.3) is 21.3 Å². The van der Waals surface area contributed by atoms with Crippen molar-refractivity contribution in [1.29, 1.82) is 0 Å². The van der Waals surface area contributed by atoms with Gasteiger partial charge in [0.15, 0.2) is 0 Å². The van der Waals surface area contributed by atoms with E-state index >= 15 is 0 Å². The number of hydrogen-bond donors (Lipinski definition) is 2. The Morgan fingerprint density at radius 1 is 1.24 bits per heavy atom. The van der Waals surface area contributed by atoms with Crippen LogP contribution in [0, 0.1) is 6.92 Å². The van der Waals surface area contributed by atoms with Gasteiger partial charge in [0.25, 0.3) is 5.91 Å². The van der Waals surface area contributed by atoms with Crippen LogP contribution in [-0.4, -0.2) is 26.6 Å². The molecule has 0 bridgehead atoms. The number of carbonyl (C=O) groups excluding carboxylic acids is 2. The highest BCUT2D eigenvalue weighted by molar-refractivity contribution is 7.21. The van der Waals surface area contributed by atoms with Gasteiger partial charge < -0.3 is 11.1 Å². The third-order valence-electron chi connectivity index (χ3n) is 4.98. The lowest BCUT2D eigenvalue weighted by Gasteiger charge is -2.12. The van der Waals surface area contributed by atoms with Crippen molar-refractivity contribution in [3.05, 3.63) is 63.9 Å². The lowest BCUT2D eigenvalue weighted by Crippen LogP contribution is -2.18. The van der Waals surface area contributed by atoms with E-state index in [0.717, 1.165) is 6.07 Å². The lowest BCUT2D eigenvalue weighted by atomic mass is 10.0. The Morgan fingerprint density at radius 3 is 2.53 bits per heavy atom. The van der Waals surface area contributed by atoms with Gasteiger partial charge in [0.2, 0.25) is 5.91 Å². The van der Waals surface area contributed by atoms with Gasteiger partial charge in [-0.15, -0.1) is 11.3 Å². The third kappa shape index (κ3) is 4.75. The van der Waals surface area contributed by atoms with E-state index in [1.807, 2.05) is 0 Å². The van der Waals surface area contributed by atoms with E-state index in [-0.39, 0.29) is 39.3 Å². The number of fused-ring (bicyclic) bond motifs is 1. The van der Waals surface area contributed by atoms with Gasteiger partial charge in [0.05, 0.1) is 16.4 Å². The molecule has 7 nitrogen and oxygen atoms in total. The van der Waals surface area contributed by atoms with Crippen LogP contribution in [0.2, 0.25) is 5.02 Å². The quantitative estimate of drug-likeness (QED) is 0.371. The normalized spacial score (nSPS) is 11.7. The molecule has 0 aliphatic rings. The Balaban J connectivity index is 1.79. The second-order valence-corrected chi connectivity index (χ2v) is 8.80. The monoisotopic (exact) mass is 507 g/mol. The van der Waals surface area contributed by atoms with Crippen LogP contribution in [0.15, 0.2) is 42.6 Å². The SMILES string of the molecule is Cc1nn(CCC(=O)Nc2c(C(N)=O)sc3nc(C(F)(F)F)cc(-c4ccccc4)c23)cc1Cl. The zero-order chi connectivity index (χ0) is 24.6. The summed E-state index contributed by atoms with van der Waals surface area (Å²) in [6.45, 7) is 1.93. The highest BCUT2D eigenvalue weighted by Gasteiger charge is 2.35. The molecule has 0 spiro atoms. The van der Waals surface area contributed by atoms with E-state index in [0.29, 0.717) is 27.6 Å². The first kappa shape index (κ1) is 23.7. The molecular formula is C22H17ClF3N5O2S. The summed E-state index contributed by atoms with van der Waals surface area (Å²) in [5, 5.41) is 7.50. The van der Waals surface area contributed by atoms with Crippen molar-refractivity contribution >= 4 is 50.7 Å². The fourth-order valence-electron chi connectivity index (χ4n) is 3.41. The number of aromatic nitrogens is 3. The van der Waals surface area contributed by atoms with Gasteiger partial charge in [-0.3, -0.25) is 14.3 Å². The van der Waals surface area contributed by atoms with Crippen molar-refractivity contribution in [2.24, 2.45) is 5.73 Å². The van der Waals surface area contributed by atoms with Crippen LogP contribution >= 0.6 is 22.9 Å². The number of anilines is 1. The van der Waals surface area contributed by atoms with Gasteiger partial charge in [-0.05, 0) is 24.1 Å². The maximum Gasteiger partial charge on any atom is 0.433 e. The van der Waals surface area contributed by atoms with Gasteiger partial charge >= 0.3 is 6.18 Å². The number of carbonyl (C=O) groups is 2. The van der Waals surface area contributed by atoms with Crippen LogP contribution in [0.4, 0.5) is 18.9 Å². The van der Waals surface area contributed by atoms with Gasteiger partial charge in [0.1, 0.15) is 15.4 Å². The molecule has 2 amide bonds. The van der Waals surface area contributed by atoms with Crippen molar-refractivity contribution in [3.63, 3.8) is 0 Å². The van der Waals surface area contributed by atoms with E-state index < -0.39 is 23.7 Å². The van der Waals surface area contributed by atoms with Crippen molar-refractivity contribution in [3.8, 4) is 11.1 Å². The summed E-state index contributed by atoms with van der Waals surface area (Å²) >= 11 is 6.68. The van der Waals surface area contributed by atoms with E-state index in [4.69, 9.17) is 17.3 Å². The highest BCUT2D eigenvalue weighted by atomic mass is 35.5. The zero-order valence-electron chi connectivity index (χ0n) is 17.6. The molecular weight excluding hydrogens is 491 g/mol. The molecule has 0 aliphatic heterocycles. The number of alkyl halides is 3. The fraction of sp³-hybridized carbons (Fsp3) is 0.182. The minimum atomic E-state index is -4.71. The van der Waals surface area contributed by atoms with Crippen LogP contribution in [0.3, 0.4) is 0 Å². The van der Waals surface area contributed by atoms with Crippen LogP contribution in [0.1, 0.15) is 27.5 Å². The molecule has 3 heterocycles. The van der Waals surface area contributed by atoms with Crippen molar-refractivity contribution in [2.75, 3.05) is 5.32 Å². The molecule has 3 N–H and O–H groups in total. The summed E-state index contributed by atoms with van der Waals surface area (Å²) < 4.78 is 42.1. The van der Waals surface area contributed by atoms with Crippen LogP contribution < -0.4 is 11.1 Å². The first-order valence-corrected chi connectivity index (χ1v) is 11.1. The predicted molar refractivity (Wildman–Crippen MR) is 124 cm³/mol.